The van der Waals surface area contributed by atoms with Gasteiger partial charge in [-0.25, -0.2) is 0 Å². The van der Waals surface area contributed by atoms with Gasteiger partial charge in [0, 0.05) is 18.8 Å². The van der Waals surface area contributed by atoms with Crippen LogP contribution in [0.5, 0.6) is 0 Å². The molecule has 0 saturated carbocycles. The lowest BCUT2D eigenvalue weighted by atomic mass is 10.2. The third-order valence-electron chi connectivity index (χ3n) is 3.07. The van der Waals surface area contributed by atoms with Crippen LogP contribution in [0.3, 0.4) is 0 Å². The SMILES string of the molecule is CC1CN(CC(=O)Nc2ccc(Cl)c(Cl)c2)CC(C)O1. The first-order valence-corrected chi connectivity index (χ1v) is 7.32. The molecule has 0 spiro atoms. The second kappa shape index (κ2) is 6.76. The monoisotopic (exact) mass is 316 g/mol. The second-order valence-electron chi connectivity index (χ2n) is 5.13. The average Bonchev–Trinajstić information content (AvgIpc) is 2.32. The van der Waals surface area contributed by atoms with E-state index in [9.17, 15) is 4.79 Å². The van der Waals surface area contributed by atoms with Crippen LogP contribution in [-0.2, 0) is 9.53 Å². The summed E-state index contributed by atoms with van der Waals surface area (Å²) in [5.41, 5.74) is 0.652. The van der Waals surface area contributed by atoms with E-state index >= 15 is 0 Å². The summed E-state index contributed by atoms with van der Waals surface area (Å²) in [6, 6.07) is 5.04. The molecule has 1 aliphatic rings. The zero-order valence-electron chi connectivity index (χ0n) is 11.5. The highest BCUT2D eigenvalue weighted by Crippen LogP contribution is 2.25. The number of carbonyl (C=O) groups is 1. The summed E-state index contributed by atoms with van der Waals surface area (Å²) in [5, 5.41) is 3.72. The van der Waals surface area contributed by atoms with E-state index in [0.717, 1.165) is 13.1 Å². The Morgan fingerprint density at radius 2 is 1.95 bits per heavy atom. The molecular formula is C14H18Cl2N2O2. The van der Waals surface area contributed by atoms with E-state index in [1.165, 1.54) is 0 Å². The maximum absolute atomic E-state index is 12.0. The molecule has 1 aromatic rings. The highest BCUT2D eigenvalue weighted by molar-refractivity contribution is 6.42. The Hall–Kier alpha value is -0.810. The predicted octanol–water partition coefficient (Wildman–Crippen LogP) is 3.04. The van der Waals surface area contributed by atoms with Crippen molar-refractivity contribution in [2.45, 2.75) is 26.1 Å². The van der Waals surface area contributed by atoms with Crippen molar-refractivity contribution in [3.8, 4) is 0 Å². The minimum atomic E-state index is -0.0651. The number of benzene rings is 1. The Labute approximate surface area is 129 Å². The van der Waals surface area contributed by atoms with Crippen LogP contribution in [0.1, 0.15) is 13.8 Å². The van der Waals surface area contributed by atoms with Crippen LogP contribution < -0.4 is 5.32 Å². The van der Waals surface area contributed by atoms with E-state index in [0.29, 0.717) is 22.3 Å². The van der Waals surface area contributed by atoms with Crippen molar-refractivity contribution in [2.24, 2.45) is 0 Å². The molecule has 2 rings (SSSR count). The number of nitrogens with zero attached hydrogens (tertiary/aromatic N) is 1. The Morgan fingerprint density at radius 1 is 1.30 bits per heavy atom. The van der Waals surface area contributed by atoms with Gasteiger partial charge in [0.15, 0.2) is 0 Å². The first-order valence-electron chi connectivity index (χ1n) is 6.56. The van der Waals surface area contributed by atoms with Gasteiger partial charge < -0.3 is 10.1 Å². The third kappa shape index (κ3) is 4.35. The maximum atomic E-state index is 12.0. The zero-order chi connectivity index (χ0) is 14.7. The van der Waals surface area contributed by atoms with Crippen LogP contribution in [0.2, 0.25) is 10.0 Å². The minimum Gasteiger partial charge on any atom is -0.373 e. The summed E-state index contributed by atoms with van der Waals surface area (Å²) in [5.74, 6) is -0.0651. The number of ether oxygens (including phenoxy) is 1. The number of rotatable bonds is 3. The van der Waals surface area contributed by atoms with Gasteiger partial charge in [0.05, 0.1) is 28.8 Å². The number of nitrogens with one attached hydrogen (secondary N) is 1. The van der Waals surface area contributed by atoms with E-state index in [2.05, 4.69) is 10.2 Å². The van der Waals surface area contributed by atoms with E-state index in [-0.39, 0.29) is 18.1 Å². The average molecular weight is 317 g/mol. The number of hydrogen-bond acceptors (Lipinski definition) is 3. The molecule has 1 aromatic carbocycles. The fourth-order valence-corrected chi connectivity index (χ4v) is 2.69. The molecule has 0 radical (unpaired) electrons. The van der Waals surface area contributed by atoms with Crippen molar-refractivity contribution < 1.29 is 9.53 Å². The molecule has 20 heavy (non-hydrogen) atoms. The van der Waals surface area contributed by atoms with Gasteiger partial charge in [-0.15, -0.1) is 0 Å². The molecule has 4 nitrogen and oxygen atoms in total. The molecule has 1 fully saturated rings. The fraction of sp³-hybridized carbons (Fsp3) is 0.500. The van der Waals surface area contributed by atoms with Crippen molar-refractivity contribution in [1.82, 2.24) is 4.90 Å². The molecule has 110 valence electrons. The first kappa shape index (κ1) is 15.6. The van der Waals surface area contributed by atoms with Gasteiger partial charge in [-0.3, -0.25) is 9.69 Å². The molecule has 0 bridgehead atoms. The highest BCUT2D eigenvalue weighted by atomic mass is 35.5. The molecular weight excluding hydrogens is 299 g/mol. The quantitative estimate of drug-likeness (QED) is 0.932. The summed E-state index contributed by atoms with van der Waals surface area (Å²) < 4.78 is 5.64. The normalized spacial score (nSPS) is 23.6. The Kier molecular flexibility index (Phi) is 5.27. The van der Waals surface area contributed by atoms with Gasteiger partial charge in [0.2, 0.25) is 5.91 Å². The number of hydrogen-bond donors (Lipinski definition) is 1. The zero-order valence-corrected chi connectivity index (χ0v) is 13.0. The summed E-state index contributed by atoms with van der Waals surface area (Å²) in [7, 11) is 0. The smallest absolute Gasteiger partial charge is 0.238 e. The molecule has 6 heteroatoms. The molecule has 1 heterocycles. The summed E-state index contributed by atoms with van der Waals surface area (Å²) in [6.45, 7) is 5.90. The Morgan fingerprint density at radius 3 is 2.55 bits per heavy atom. The Balaban J connectivity index is 1.90. The number of carbonyl (C=O) groups excluding carboxylic acids is 1. The molecule has 1 aliphatic heterocycles. The summed E-state index contributed by atoms with van der Waals surface area (Å²) >= 11 is 11.8. The fourth-order valence-electron chi connectivity index (χ4n) is 2.39. The van der Waals surface area contributed by atoms with Gasteiger partial charge in [0.25, 0.3) is 0 Å². The van der Waals surface area contributed by atoms with Crippen molar-refractivity contribution in [1.29, 1.82) is 0 Å². The number of amides is 1. The van der Waals surface area contributed by atoms with Crippen LogP contribution in [0.25, 0.3) is 0 Å². The topological polar surface area (TPSA) is 41.6 Å². The summed E-state index contributed by atoms with van der Waals surface area (Å²) in [6.07, 6.45) is 0.299. The van der Waals surface area contributed by atoms with Crippen LogP contribution in [0.4, 0.5) is 5.69 Å². The minimum absolute atomic E-state index is 0.0651. The highest BCUT2D eigenvalue weighted by Gasteiger charge is 2.23. The number of morpholine rings is 1. The predicted molar refractivity (Wildman–Crippen MR) is 81.5 cm³/mol. The molecule has 2 atom stereocenters. The van der Waals surface area contributed by atoms with E-state index in [1.807, 2.05) is 13.8 Å². The summed E-state index contributed by atoms with van der Waals surface area (Å²) in [4.78, 5) is 14.1. The first-order chi connectivity index (χ1) is 9.44. The van der Waals surface area contributed by atoms with Gasteiger partial charge >= 0.3 is 0 Å². The maximum Gasteiger partial charge on any atom is 0.238 e. The molecule has 1 saturated heterocycles. The second-order valence-corrected chi connectivity index (χ2v) is 5.94. The molecule has 0 aliphatic carbocycles. The molecule has 0 aromatic heterocycles. The number of anilines is 1. The van der Waals surface area contributed by atoms with Gasteiger partial charge in [-0.05, 0) is 32.0 Å². The lowest BCUT2D eigenvalue weighted by Crippen LogP contribution is -2.48. The molecule has 2 unspecified atom stereocenters. The van der Waals surface area contributed by atoms with Crippen LogP contribution in [0.15, 0.2) is 18.2 Å². The lowest BCUT2D eigenvalue weighted by molar-refractivity contribution is -0.121. The largest absolute Gasteiger partial charge is 0.373 e. The third-order valence-corrected chi connectivity index (χ3v) is 3.80. The van der Waals surface area contributed by atoms with Gasteiger partial charge in [0.1, 0.15) is 0 Å². The molecule has 1 N–H and O–H groups in total. The van der Waals surface area contributed by atoms with E-state index < -0.39 is 0 Å². The van der Waals surface area contributed by atoms with Crippen molar-refractivity contribution in [3.05, 3.63) is 28.2 Å². The number of halogens is 2. The van der Waals surface area contributed by atoms with Crippen molar-refractivity contribution in [2.75, 3.05) is 25.0 Å². The lowest BCUT2D eigenvalue weighted by Gasteiger charge is -2.34. The standard InChI is InChI=1S/C14H18Cl2N2O2/c1-9-6-18(7-10(2)20-9)8-14(19)17-11-3-4-12(15)13(16)5-11/h3-5,9-10H,6-8H2,1-2H3,(H,17,19). The van der Waals surface area contributed by atoms with Crippen molar-refractivity contribution >= 4 is 34.8 Å². The molecule has 1 amide bonds. The van der Waals surface area contributed by atoms with Crippen LogP contribution >= 0.6 is 23.2 Å². The van der Waals surface area contributed by atoms with E-state index in [4.69, 9.17) is 27.9 Å². The van der Waals surface area contributed by atoms with Crippen LogP contribution in [-0.4, -0.2) is 42.6 Å². The van der Waals surface area contributed by atoms with Gasteiger partial charge in [-0.1, -0.05) is 23.2 Å². The van der Waals surface area contributed by atoms with E-state index in [1.54, 1.807) is 18.2 Å². The van der Waals surface area contributed by atoms with Crippen LogP contribution in [0, 0.1) is 0 Å². The van der Waals surface area contributed by atoms with Gasteiger partial charge in [-0.2, -0.15) is 0 Å². The van der Waals surface area contributed by atoms with Crippen molar-refractivity contribution in [3.63, 3.8) is 0 Å². The Bertz CT molecular complexity index is 486.